The first-order valence-corrected chi connectivity index (χ1v) is 15.5. The van der Waals surface area contributed by atoms with Gasteiger partial charge < -0.3 is 20.3 Å². The lowest BCUT2D eigenvalue weighted by Gasteiger charge is -2.38. The zero-order valence-corrected chi connectivity index (χ0v) is 27.9. The van der Waals surface area contributed by atoms with Crippen LogP contribution in [-0.4, -0.2) is 74.3 Å². The van der Waals surface area contributed by atoms with Gasteiger partial charge in [-0.3, -0.25) is 14.6 Å². The number of ether oxygens (including phenoxy) is 1. The van der Waals surface area contributed by atoms with E-state index in [2.05, 4.69) is 35.4 Å². The topological polar surface area (TPSA) is 89.5 Å². The van der Waals surface area contributed by atoms with Crippen molar-refractivity contribution in [1.29, 1.82) is 0 Å². The number of urea groups is 1. The summed E-state index contributed by atoms with van der Waals surface area (Å²) < 4.78 is 5.54. The number of aryl methyl sites for hydroxylation is 1. The monoisotopic (exact) mass is 642 g/mol. The number of carbonyl (C=O) groups excluding carboxylic acids is 2. The smallest absolute Gasteiger partial charge is 0.329 e. The number of halogens is 2. The number of carbonyl (C=O) groups is 2. The fourth-order valence-corrected chi connectivity index (χ4v) is 6.16. The number of amides is 3. The standard InChI is InChI=1S/C33H44Cl2N6O3/c1-9-23(18-39(6)7)19-40-21(4)25(17-36-22(5)37-26-14-12-13-15-27(26)38-29(42)11-3)20-41(33(40)43)32-30(34)24(10-2)16-28(44-8)31(32)35/h9,11,16-18,26-27,37H,1,3,5,10,12-15,19-20H2,2,4,6-8H3,(H,38,42)/b23-18+,36-17-/t26-,27+/m1/s1. The molecule has 1 fully saturated rings. The van der Waals surface area contributed by atoms with E-state index in [4.69, 9.17) is 27.9 Å². The lowest BCUT2D eigenvalue weighted by Crippen LogP contribution is -2.50. The molecule has 1 aromatic rings. The molecule has 2 atom stereocenters. The first-order valence-electron chi connectivity index (χ1n) is 14.7. The van der Waals surface area contributed by atoms with Crippen molar-refractivity contribution in [1.82, 2.24) is 20.4 Å². The number of anilines is 1. The van der Waals surface area contributed by atoms with Gasteiger partial charge in [-0.25, -0.2) is 9.79 Å². The van der Waals surface area contributed by atoms with Crippen LogP contribution >= 0.6 is 23.2 Å². The summed E-state index contributed by atoms with van der Waals surface area (Å²) >= 11 is 13.7. The number of hydrogen-bond donors (Lipinski definition) is 2. The predicted octanol–water partition coefficient (Wildman–Crippen LogP) is 6.46. The van der Waals surface area contributed by atoms with Crippen molar-refractivity contribution in [3.05, 3.63) is 82.4 Å². The Morgan fingerprint density at radius 3 is 2.39 bits per heavy atom. The molecule has 44 heavy (non-hydrogen) atoms. The molecule has 0 spiro atoms. The van der Waals surface area contributed by atoms with Crippen LogP contribution in [0.2, 0.25) is 10.0 Å². The largest absolute Gasteiger partial charge is 0.495 e. The van der Waals surface area contributed by atoms with E-state index < -0.39 is 0 Å². The van der Waals surface area contributed by atoms with Crippen LogP contribution in [0.4, 0.5) is 10.5 Å². The highest BCUT2D eigenvalue weighted by atomic mass is 35.5. The highest BCUT2D eigenvalue weighted by Crippen LogP contribution is 2.44. The molecule has 0 bridgehead atoms. The van der Waals surface area contributed by atoms with E-state index in [-0.39, 0.29) is 42.1 Å². The minimum Gasteiger partial charge on any atom is -0.495 e. The Bertz CT molecular complexity index is 1360. The lowest BCUT2D eigenvalue weighted by atomic mass is 9.90. The number of nitrogens with one attached hydrogen (secondary N) is 2. The Morgan fingerprint density at radius 1 is 1.16 bits per heavy atom. The maximum Gasteiger partial charge on any atom is 0.329 e. The number of methoxy groups -OCH3 is 1. The van der Waals surface area contributed by atoms with E-state index in [9.17, 15) is 9.59 Å². The van der Waals surface area contributed by atoms with Crippen LogP contribution < -0.4 is 20.3 Å². The van der Waals surface area contributed by atoms with Gasteiger partial charge in [0, 0.05) is 49.9 Å². The van der Waals surface area contributed by atoms with Gasteiger partial charge in [0.25, 0.3) is 0 Å². The number of benzene rings is 1. The fraction of sp³-hybridized carbons (Fsp3) is 0.424. The van der Waals surface area contributed by atoms with Crippen molar-refractivity contribution in [2.45, 2.75) is 58.0 Å². The number of rotatable bonds is 13. The van der Waals surface area contributed by atoms with Crippen LogP contribution in [0.25, 0.3) is 0 Å². The molecule has 238 valence electrons. The van der Waals surface area contributed by atoms with Crippen LogP contribution in [0.1, 0.15) is 45.1 Å². The van der Waals surface area contributed by atoms with Crippen LogP contribution in [0.15, 0.2) is 71.8 Å². The zero-order chi connectivity index (χ0) is 32.6. The average Bonchev–Trinajstić information content (AvgIpc) is 2.99. The van der Waals surface area contributed by atoms with Gasteiger partial charge in [0.05, 0.1) is 30.9 Å². The highest BCUT2D eigenvalue weighted by Gasteiger charge is 2.35. The number of aliphatic imine (C=N–C) groups is 1. The van der Waals surface area contributed by atoms with Crippen molar-refractivity contribution >= 4 is 47.0 Å². The van der Waals surface area contributed by atoms with Crippen LogP contribution in [0.3, 0.4) is 0 Å². The molecular formula is C33H44Cl2N6O3. The normalized spacial score (nSPS) is 19.2. The van der Waals surface area contributed by atoms with Gasteiger partial charge in [0.2, 0.25) is 5.91 Å². The molecule has 1 saturated carbocycles. The van der Waals surface area contributed by atoms with E-state index in [1.807, 2.05) is 39.0 Å². The van der Waals surface area contributed by atoms with Crippen molar-refractivity contribution in [3.8, 4) is 5.75 Å². The molecule has 1 aromatic carbocycles. The molecule has 1 heterocycles. The second-order valence-electron chi connectivity index (χ2n) is 11.1. The molecule has 1 aliphatic carbocycles. The van der Waals surface area contributed by atoms with E-state index >= 15 is 0 Å². The van der Waals surface area contributed by atoms with E-state index in [1.165, 1.54) is 13.2 Å². The van der Waals surface area contributed by atoms with Crippen molar-refractivity contribution in [3.63, 3.8) is 0 Å². The molecule has 9 nitrogen and oxygen atoms in total. The molecular weight excluding hydrogens is 599 g/mol. The summed E-state index contributed by atoms with van der Waals surface area (Å²) in [6.45, 7) is 15.9. The first-order chi connectivity index (χ1) is 20.9. The fourth-order valence-electron chi connectivity index (χ4n) is 5.40. The van der Waals surface area contributed by atoms with Crippen molar-refractivity contribution in [2.75, 3.05) is 39.2 Å². The van der Waals surface area contributed by atoms with E-state index in [0.717, 1.165) is 48.1 Å². The molecule has 1 aliphatic heterocycles. The Balaban J connectivity index is 2.01. The van der Waals surface area contributed by atoms with Gasteiger partial charge in [-0.15, -0.1) is 0 Å². The summed E-state index contributed by atoms with van der Waals surface area (Å²) in [6, 6.07) is 1.45. The van der Waals surface area contributed by atoms with Gasteiger partial charge in [-0.05, 0) is 49.5 Å². The summed E-state index contributed by atoms with van der Waals surface area (Å²) in [5.74, 6) is 0.690. The molecule has 3 rings (SSSR count). The molecule has 3 amide bonds. The van der Waals surface area contributed by atoms with Gasteiger partial charge in [-0.2, -0.15) is 0 Å². The third-order valence-electron chi connectivity index (χ3n) is 7.78. The second-order valence-corrected chi connectivity index (χ2v) is 11.8. The molecule has 2 aliphatic rings. The second kappa shape index (κ2) is 15.9. The summed E-state index contributed by atoms with van der Waals surface area (Å²) in [7, 11) is 5.36. The van der Waals surface area contributed by atoms with Crippen molar-refractivity contribution < 1.29 is 14.3 Å². The maximum absolute atomic E-state index is 14.1. The summed E-state index contributed by atoms with van der Waals surface area (Å²) in [5.41, 5.74) is 3.54. The minimum atomic E-state index is -0.287. The predicted molar refractivity (Wildman–Crippen MR) is 182 cm³/mol. The molecule has 0 unspecified atom stereocenters. The first kappa shape index (κ1) is 34.8. The third kappa shape index (κ3) is 8.27. The van der Waals surface area contributed by atoms with Crippen LogP contribution in [0, 0.1) is 0 Å². The molecule has 11 heteroatoms. The minimum absolute atomic E-state index is 0.0125. The summed E-state index contributed by atoms with van der Waals surface area (Å²) in [4.78, 5) is 35.9. The van der Waals surface area contributed by atoms with Crippen molar-refractivity contribution in [2.24, 2.45) is 4.99 Å². The molecule has 2 N–H and O–H groups in total. The van der Waals surface area contributed by atoms with Gasteiger partial charge in [-0.1, -0.05) is 68.8 Å². The number of nitrogens with zero attached hydrogens (tertiary/aromatic N) is 4. The quantitative estimate of drug-likeness (QED) is 0.146. The van der Waals surface area contributed by atoms with E-state index in [0.29, 0.717) is 28.7 Å². The number of allylic oxidation sites excluding steroid dienone is 1. The SMILES string of the molecule is C=CC(=O)N[C@H]1CCCC[C@H]1NC(=C)/N=C\C1=C(C)N(C/C(C=C)=C/N(C)C)C(=O)N(c2c(Cl)c(CC)cc(OC)c2Cl)C1. The summed E-state index contributed by atoms with van der Waals surface area (Å²) in [6.07, 6.45) is 11.1. The van der Waals surface area contributed by atoms with Gasteiger partial charge in [0.1, 0.15) is 16.6 Å². The molecule has 0 saturated heterocycles. The lowest BCUT2D eigenvalue weighted by molar-refractivity contribution is -0.117. The Hall–Kier alpha value is -3.69. The number of hydrogen-bond acceptors (Lipinski definition) is 6. The Morgan fingerprint density at radius 2 is 1.82 bits per heavy atom. The Kier molecular flexibility index (Phi) is 12.5. The van der Waals surface area contributed by atoms with Gasteiger partial charge >= 0.3 is 6.03 Å². The Labute approximate surface area is 271 Å². The third-order valence-corrected chi connectivity index (χ3v) is 8.57. The van der Waals surface area contributed by atoms with Crippen LogP contribution in [0.5, 0.6) is 5.75 Å². The zero-order valence-electron chi connectivity index (χ0n) is 26.4. The molecule has 0 radical (unpaired) electrons. The molecule has 0 aromatic heterocycles. The van der Waals surface area contributed by atoms with Gasteiger partial charge in [0.15, 0.2) is 0 Å². The maximum atomic E-state index is 14.1. The highest BCUT2D eigenvalue weighted by molar-refractivity contribution is 6.41. The average molecular weight is 644 g/mol. The van der Waals surface area contributed by atoms with E-state index in [1.54, 1.807) is 28.2 Å². The summed E-state index contributed by atoms with van der Waals surface area (Å²) in [5, 5.41) is 7.04. The van der Waals surface area contributed by atoms with Crippen LogP contribution in [-0.2, 0) is 11.2 Å².